The van der Waals surface area contributed by atoms with Crippen molar-refractivity contribution in [2.45, 2.75) is 38.6 Å². The van der Waals surface area contributed by atoms with E-state index < -0.39 is 5.97 Å². The average Bonchev–Trinajstić information content (AvgIpc) is 2.32. The molecule has 2 atom stereocenters. The maximum Gasteiger partial charge on any atom is 0.339 e. The van der Waals surface area contributed by atoms with Gasteiger partial charge in [0.25, 0.3) is 0 Å². The van der Waals surface area contributed by atoms with Crippen molar-refractivity contribution in [2.75, 3.05) is 5.32 Å². The van der Waals surface area contributed by atoms with Crippen molar-refractivity contribution in [3.63, 3.8) is 0 Å². The first-order chi connectivity index (χ1) is 8.58. The molecule has 0 aromatic carbocycles. The fourth-order valence-electron chi connectivity index (χ4n) is 2.42. The van der Waals surface area contributed by atoms with Crippen LogP contribution < -0.4 is 5.32 Å². The molecule has 0 aliphatic heterocycles. The maximum atomic E-state index is 11.1. The van der Waals surface area contributed by atoms with E-state index in [9.17, 15) is 4.79 Å². The summed E-state index contributed by atoms with van der Waals surface area (Å²) in [5, 5.41) is 12.7. The average molecular weight is 269 g/mol. The number of hydrogen-bond acceptors (Lipinski definition) is 3. The third-order valence-corrected chi connectivity index (χ3v) is 3.74. The van der Waals surface area contributed by atoms with E-state index in [0.717, 1.165) is 6.42 Å². The molecule has 2 rings (SSSR count). The van der Waals surface area contributed by atoms with Crippen molar-refractivity contribution in [1.29, 1.82) is 0 Å². The van der Waals surface area contributed by atoms with Crippen molar-refractivity contribution in [3.05, 3.63) is 22.8 Å². The van der Waals surface area contributed by atoms with E-state index in [0.29, 0.717) is 16.9 Å². The second-order valence-electron chi connectivity index (χ2n) is 4.85. The van der Waals surface area contributed by atoms with Gasteiger partial charge in [-0.2, -0.15) is 0 Å². The molecule has 1 aromatic rings. The van der Waals surface area contributed by atoms with E-state index in [1.807, 2.05) is 0 Å². The van der Waals surface area contributed by atoms with E-state index in [-0.39, 0.29) is 11.6 Å². The van der Waals surface area contributed by atoms with Gasteiger partial charge < -0.3 is 10.4 Å². The normalized spacial score (nSPS) is 23.7. The van der Waals surface area contributed by atoms with Crippen LogP contribution in [0.3, 0.4) is 0 Å². The lowest BCUT2D eigenvalue weighted by Gasteiger charge is -2.30. The van der Waals surface area contributed by atoms with Crippen LogP contribution >= 0.6 is 11.6 Å². The zero-order valence-electron chi connectivity index (χ0n) is 10.3. The minimum Gasteiger partial charge on any atom is -0.478 e. The Morgan fingerprint density at radius 3 is 2.83 bits per heavy atom. The Balaban J connectivity index is 2.21. The van der Waals surface area contributed by atoms with Gasteiger partial charge in [-0.25, -0.2) is 9.78 Å². The monoisotopic (exact) mass is 268 g/mol. The van der Waals surface area contributed by atoms with Crippen molar-refractivity contribution < 1.29 is 9.90 Å². The fraction of sp³-hybridized carbons (Fsp3) is 0.538. The number of carboxylic acids is 1. The molecule has 0 saturated heterocycles. The lowest BCUT2D eigenvalue weighted by molar-refractivity contribution is 0.0697. The highest BCUT2D eigenvalue weighted by molar-refractivity contribution is 6.29. The quantitative estimate of drug-likeness (QED) is 0.825. The Bertz CT molecular complexity index is 451. The topological polar surface area (TPSA) is 62.2 Å². The van der Waals surface area contributed by atoms with E-state index in [4.69, 9.17) is 16.7 Å². The summed E-state index contributed by atoms with van der Waals surface area (Å²) in [5.41, 5.74) is 0.178. The van der Waals surface area contributed by atoms with Gasteiger partial charge >= 0.3 is 5.97 Å². The smallest absolute Gasteiger partial charge is 0.339 e. The van der Waals surface area contributed by atoms with Crippen LogP contribution in [0.5, 0.6) is 0 Å². The molecular weight excluding hydrogens is 252 g/mol. The first-order valence-electron chi connectivity index (χ1n) is 6.24. The number of hydrogen-bond donors (Lipinski definition) is 2. The van der Waals surface area contributed by atoms with Gasteiger partial charge in [-0.05, 0) is 30.9 Å². The van der Waals surface area contributed by atoms with E-state index in [1.54, 1.807) is 0 Å². The molecule has 98 valence electrons. The minimum absolute atomic E-state index is 0.178. The van der Waals surface area contributed by atoms with Crippen LogP contribution in [0.4, 0.5) is 5.82 Å². The molecule has 0 amide bonds. The molecule has 1 fully saturated rings. The van der Waals surface area contributed by atoms with Gasteiger partial charge in [-0.15, -0.1) is 0 Å². The van der Waals surface area contributed by atoms with Gasteiger partial charge in [-0.1, -0.05) is 31.4 Å². The molecule has 1 aliphatic carbocycles. The van der Waals surface area contributed by atoms with Crippen molar-refractivity contribution in [2.24, 2.45) is 5.92 Å². The molecule has 1 aromatic heterocycles. The summed E-state index contributed by atoms with van der Waals surface area (Å²) in [6.07, 6.45) is 4.63. The number of pyridine rings is 1. The molecule has 0 radical (unpaired) electrons. The molecule has 1 heterocycles. The highest BCUT2D eigenvalue weighted by Gasteiger charge is 2.23. The number of carbonyl (C=O) groups is 1. The predicted octanol–water partition coefficient (Wildman–Crippen LogP) is 3.42. The third-order valence-electron chi connectivity index (χ3n) is 3.53. The molecular formula is C13H17ClN2O2. The lowest BCUT2D eigenvalue weighted by atomic mass is 9.86. The zero-order valence-corrected chi connectivity index (χ0v) is 11.1. The Morgan fingerprint density at radius 2 is 2.17 bits per heavy atom. The highest BCUT2D eigenvalue weighted by Crippen LogP contribution is 2.27. The standard InChI is InChI=1S/C13H17ClN2O2/c1-8-4-2-3-5-10(8)15-12-9(13(17)18)6-7-11(14)16-12/h6-8,10H,2-5H2,1H3,(H,15,16)(H,17,18). The number of aromatic nitrogens is 1. The summed E-state index contributed by atoms with van der Waals surface area (Å²) in [5.74, 6) is -0.0694. The lowest BCUT2D eigenvalue weighted by Crippen LogP contribution is -2.31. The number of nitrogens with zero attached hydrogens (tertiary/aromatic N) is 1. The van der Waals surface area contributed by atoms with Crippen LogP contribution in [0.2, 0.25) is 5.15 Å². The first-order valence-corrected chi connectivity index (χ1v) is 6.62. The molecule has 1 aliphatic rings. The van der Waals surface area contributed by atoms with Crippen LogP contribution in [0, 0.1) is 5.92 Å². The summed E-state index contributed by atoms with van der Waals surface area (Å²) in [4.78, 5) is 15.2. The summed E-state index contributed by atoms with van der Waals surface area (Å²) < 4.78 is 0. The van der Waals surface area contributed by atoms with E-state index in [1.165, 1.54) is 31.4 Å². The number of anilines is 1. The molecule has 1 saturated carbocycles. The van der Waals surface area contributed by atoms with Gasteiger partial charge in [-0.3, -0.25) is 0 Å². The third kappa shape index (κ3) is 2.93. The second kappa shape index (κ2) is 5.57. The van der Waals surface area contributed by atoms with Crippen LogP contribution in [-0.2, 0) is 0 Å². The van der Waals surface area contributed by atoms with Gasteiger partial charge in [0, 0.05) is 6.04 Å². The first kappa shape index (κ1) is 13.1. The molecule has 2 N–H and O–H groups in total. The van der Waals surface area contributed by atoms with Crippen LogP contribution in [-0.4, -0.2) is 22.1 Å². The van der Waals surface area contributed by atoms with Crippen molar-refractivity contribution in [1.82, 2.24) is 4.98 Å². The number of carboxylic acid groups (broad SMARTS) is 1. The predicted molar refractivity (Wildman–Crippen MR) is 71.2 cm³/mol. The second-order valence-corrected chi connectivity index (χ2v) is 5.24. The molecule has 0 bridgehead atoms. The van der Waals surface area contributed by atoms with Gasteiger partial charge in [0.2, 0.25) is 0 Å². The van der Waals surface area contributed by atoms with Crippen LogP contribution in [0.15, 0.2) is 12.1 Å². The highest BCUT2D eigenvalue weighted by atomic mass is 35.5. The summed E-state index contributed by atoms with van der Waals surface area (Å²) >= 11 is 5.83. The maximum absolute atomic E-state index is 11.1. The van der Waals surface area contributed by atoms with Gasteiger partial charge in [0.05, 0.1) is 0 Å². The SMILES string of the molecule is CC1CCCCC1Nc1nc(Cl)ccc1C(=O)O. The summed E-state index contributed by atoms with van der Waals surface area (Å²) in [7, 11) is 0. The summed E-state index contributed by atoms with van der Waals surface area (Å²) in [6.45, 7) is 2.18. The Hall–Kier alpha value is -1.29. The van der Waals surface area contributed by atoms with E-state index in [2.05, 4.69) is 17.2 Å². The molecule has 2 unspecified atom stereocenters. The van der Waals surface area contributed by atoms with E-state index >= 15 is 0 Å². The van der Waals surface area contributed by atoms with Gasteiger partial charge in [0.1, 0.15) is 16.5 Å². The number of nitrogens with one attached hydrogen (secondary N) is 1. The number of aromatic carboxylic acids is 1. The number of rotatable bonds is 3. The molecule has 5 heteroatoms. The Kier molecular flexibility index (Phi) is 4.07. The summed E-state index contributed by atoms with van der Waals surface area (Å²) in [6, 6.07) is 3.27. The number of halogens is 1. The minimum atomic E-state index is -0.981. The Morgan fingerprint density at radius 1 is 1.44 bits per heavy atom. The van der Waals surface area contributed by atoms with Crippen LogP contribution in [0.25, 0.3) is 0 Å². The molecule has 18 heavy (non-hydrogen) atoms. The van der Waals surface area contributed by atoms with Crippen LogP contribution in [0.1, 0.15) is 43.0 Å². The van der Waals surface area contributed by atoms with Crippen molar-refractivity contribution >= 4 is 23.4 Å². The van der Waals surface area contributed by atoms with Gasteiger partial charge in [0.15, 0.2) is 0 Å². The molecule has 0 spiro atoms. The van der Waals surface area contributed by atoms with Crippen molar-refractivity contribution in [3.8, 4) is 0 Å². The zero-order chi connectivity index (χ0) is 13.1. The fourth-order valence-corrected chi connectivity index (χ4v) is 2.57. The molecule has 4 nitrogen and oxygen atoms in total. The largest absolute Gasteiger partial charge is 0.478 e. The Labute approximate surface area is 111 Å².